The largest absolute Gasteiger partial charge is 0.419 e. The zero-order valence-electron chi connectivity index (χ0n) is 10.6. The van der Waals surface area contributed by atoms with Crippen LogP contribution in [0.15, 0.2) is 12.4 Å². The van der Waals surface area contributed by atoms with Gasteiger partial charge in [-0.3, -0.25) is 0 Å². The van der Waals surface area contributed by atoms with Crippen molar-refractivity contribution >= 4 is 5.95 Å². The molecule has 1 saturated heterocycles. The highest BCUT2D eigenvalue weighted by atomic mass is 19.4. The Morgan fingerprint density at radius 1 is 1.22 bits per heavy atom. The Balaban J connectivity index is 0.000000771. The average Bonchev–Trinajstić information content (AvgIpc) is 2.30. The van der Waals surface area contributed by atoms with Crippen LogP contribution in [0.5, 0.6) is 0 Å². The molecule has 4 nitrogen and oxygen atoms in total. The average molecular weight is 262 g/mol. The van der Waals surface area contributed by atoms with Crippen molar-refractivity contribution in [1.29, 1.82) is 0 Å². The van der Waals surface area contributed by atoms with Crippen LogP contribution in [0, 0.1) is 0 Å². The van der Waals surface area contributed by atoms with Gasteiger partial charge in [0.05, 0.1) is 5.56 Å². The number of likely N-dealkylation sites (N-methyl/N-ethyl adjacent to an activating group) is 1. The van der Waals surface area contributed by atoms with Gasteiger partial charge in [-0.05, 0) is 7.05 Å². The summed E-state index contributed by atoms with van der Waals surface area (Å²) < 4.78 is 36.7. The molecule has 7 heteroatoms. The van der Waals surface area contributed by atoms with Crippen molar-refractivity contribution in [1.82, 2.24) is 15.3 Å². The molecule has 1 aromatic rings. The topological polar surface area (TPSA) is 41.0 Å². The summed E-state index contributed by atoms with van der Waals surface area (Å²) in [5, 5.41) is 3.06. The van der Waals surface area contributed by atoms with Crippen molar-refractivity contribution in [3.63, 3.8) is 0 Å². The molecule has 18 heavy (non-hydrogen) atoms. The first-order valence-electron chi connectivity index (χ1n) is 5.82. The highest BCUT2D eigenvalue weighted by Gasteiger charge is 2.32. The van der Waals surface area contributed by atoms with E-state index < -0.39 is 11.7 Å². The van der Waals surface area contributed by atoms with Gasteiger partial charge in [-0.15, -0.1) is 0 Å². The summed E-state index contributed by atoms with van der Waals surface area (Å²) >= 11 is 0. The van der Waals surface area contributed by atoms with Gasteiger partial charge in [0, 0.05) is 31.5 Å². The molecule has 1 N–H and O–H groups in total. The fraction of sp³-hybridized carbons (Fsp3) is 0.636. The zero-order chi connectivity index (χ0) is 13.8. The SMILES string of the molecule is CC.CNC1CN(c2ncc(C(F)(F)F)cn2)C1. The van der Waals surface area contributed by atoms with Crippen LogP contribution in [-0.4, -0.2) is 36.1 Å². The number of halogens is 3. The van der Waals surface area contributed by atoms with Gasteiger partial charge in [-0.25, -0.2) is 9.97 Å². The molecule has 0 atom stereocenters. The Bertz CT molecular complexity index is 358. The first kappa shape index (κ1) is 14.7. The van der Waals surface area contributed by atoms with Crippen LogP contribution >= 0.6 is 0 Å². The van der Waals surface area contributed by atoms with Crippen LogP contribution in [0.3, 0.4) is 0 Å². The van der Waals surface area contributed by atoms with Crippen LogP contribution in [-0.2, 0) is 6.18 Å². The minimum Gasteiger partial charge on any atom is -0.338 e. The summed E-state index contributed by atoms with van der Waals surface area (Å²) in [7, 11) is 1.84. The molecule has 0 amide bonds. The smallest absolute Gasteiger partial charge is 0.338 e. The number of rotatable bonds is 2. The molecule has 0 spiro atoms. The lowest BCUT2D eigenvalue weighted by Gasteiger charge is -2.38. The predicted octanol–water partition coefficient (Wildman–Crippen LogP) is 1.93. The van der Waals surface area contributed by atoms with Crippen LogP contribution in [0.2, 0.25) is 0 Å². The summed E-state index contributed by atoms with van der Waals surface area (Å²) in [6.45, 7) is 5.45. The minimum atomic E-state index is -4.37. The van der Waals surface area contributed by atoms with Crippen LogP contribution in [0.1, 0.15) is 19.4 Å². The predicted molar refractivity (Wildman–Crippen MR) is 63.4 cm³/mol. The number of nitrogens with zero attached hydrogens (tertiary/aromatic N) is 3. The second-order valence-corrected chi connectivity index (χ2v) is 3.66. The van der Waals surface area contributed by atoms with Crippen molar-refractivity contribution in [2.75, 3.05) is 25.0 Å². The number of aromatic nitrogens is 2. The van der Waals surface area contributed by atoms with E-state index in [9.17, 15) is 13.2 Å². The zero-order valence-corrected chi connectivity index (χ0v) is 10.6. The second-order valence-electron chi connectivity index (χ2n) is 3.66. The monoisotopic (exact) mass is 262 g/mol. The lowest BCUT2D eigenvalue weighted by atomic mass is 10.1. The van der Waals surface area contributed by atoms with Gasteiger partial charge >= 0.3 is 6.18 Å². The van der Waals surface area contributed by atoms with Crippen molar-refractivity contribution in [3.05, 3.63) is 18.0 Å². The van der Waals surface area contributed by atoms with Crippen LogP contribution in [0.25, 0.3) is 0 Å². The summed E-state index contributed by atoms with van der Waals surface area (Å²) in [4.78, 5) is 9.23. The third kappa shape index (κ3) is 3.32. The van der Waals surface area contributed by atoms with E-state index in [1.54, 1.807) is 0 Å². The number of anilines is 1. The Morgan fingerprint density at radius 2 is 1.72 bits per heavy atom. The molecule has 1 fully saturated rings. The Morgan fingerprint density at radius 3 is 2.11 bits per heavy atom. The quantitative estimate of drug-likeness (QED) is 0.884. The number of hydrogen-bond donors (Lipinski definition) is 1. The summed E-state index contributed by atoms with van der Waals surface area (Å²) in [5.74, 6) is 0.347. The van der Waals surface area contributed by atoms with Crippen molar-refractivity contribution < 1.29 is 13.2 Å². The van der Waals surface area contributed by atoms with Gasteiger partial charge in [0.15, 0.2) is 0 Å². The Labute approximate surface area is 104 Å². The van der Waals surface area contributed by atoms with Crippen molar-refractivity contribution in [2.24, 2.45) is 0 Å². The molecule has 0 unspecified atom stereocenters. The molecule has 1 aliphatic rings. The van der Waals surface area contributed by atoms with Gasteiger partial charge in [0.1, 0.15) is 0 Å². The third-order valence-corrected chi connectivity index (χ3v) is 2.54. The summed E-state index contributed by atoms with van der Waals surface area (Å²) in [6.07, 6.45) is -2.74. The molecular formula is C11H17F3N4. The number of nitrogens with one attached hydrogen (secondary N) is 1. The van der Waals surface area contributed by atoms with E-state index in [1.807, 2.05) is 25.8 Å². The number of alkyl halides is 3. The van der Waals surface area contributed by atoms with Gasteiger partial charge in [-0.2, -0.15) is 13.2 Å². The van der Waals surface area contributed by atoms with Gasteiger partial charge in [-0.1, -0.05) is 13.8 Å². The van der Waals surface area contributed by atoms with Crippen LogP contribution < -0.4 is 10.2 Å². The van der Waals surface area contributed by atoms with E-state index >= 15 is 0 Å². The molecule has 0 radical (unpaired) electrons. The van der Waals surface area contributed by atoms with Crippen LogP contribution in [0.4, 0.5) is 19.1 Å². The lowest BCUT2D eigenvalue weighted by Crippen LogP contribution is -2.57. The third-order valence-electron chi connectivity index (χ3n) is 2.54. The molecule has 0 saturated carbocycles. The van der Waals surface area contributed by atoms with Gasteiger partial charge in [0.25, 0.3) is 0 Å². The fourth-order valence-electron chi connectivity index (χ4n) is 1.46. The maximum Gasteiger partial charge on any atom is 0.419 e. The molecule has 102 valence electrons. The molecule has 1 aromatic heterocycles. The standard InChI is InChI=1S/C9H11F3N4.C2H6/c1-13-7-4-16(5-7)8-14-2-6(3-15-8)9(10,11)12;1-2/h2-3,7,13H,4-5H2,1H3;1-2H3. The fourth-order valence-corrected chi connectivity index (χ4v) is 1.46. The maximum atomic E-state index is 12.2. The molecule has 2 heterocycles. The van der Waals surface area contributed by atoms with E-state index in [4.69, 9.17) is 0 Å². The Kier molecular flexibility index (Phi) is 4.89. The normalized spacial score (nSPS) is 15.8. The molecule has 2 rings (SSSR count). The van der Waals surface area contributed by atoms with E-state index in [0.29, 0.717) is 12.0 Å². The molecule has 0 aromatic carbocycles. The van der Waals surface area contributed by atoms with E-state index in [0.717, 1.165) is 25.5 Å². The highest BCUT2D eigenvalue weighted by Crippen LogP contribution is 2.28. The van der Waals surface area contributed by atoms with E-state index in [2.05, 4.69) is 15.3 Å². The maximum absolute atomic E-state index is 12.2. The van der Waals surface area contributed by atoms with Crippen molar-refractivity contribution in [2.45, 2.75) is 26.1 Å². The number of hydrogen-bond acceptors (Lipinski definition) is 4. The highest BCUT2D eigenvalue weighted by molar-refractivity contribution is 5.35. The molecule has 0 aliphatic carbocycles. The van der Waals surface area contributed by atoms with E-state index in [1.165, 1.54) is 0 Å². The molecule has 1 aliphatic heterocycles. The Hall–Kier alpha value is -1.37. The minimum absolute atomic E-state index is 0.347. The van der Waals surface area contributed by atoms with Gasteiger partial charge in [0.2, 0.25) is 5.95 Å². The second kappa shape index (κ2) is 5.99. The first-order chi connectivity index (χ1) is 8.50. The molecular weight excluding hydrogens is 245 g/mol. The molecule has 0 bridgehead atoms. The summed E-state index contributed by atoms with van der Waals surface area (Å²) in [6, 6.07) is 0.367. The first-order valence-corrected chi connectivity index (χ1v) is 5.82. The van der Waals surface area contributed by atoms with Gasteiger partial charge < -0.3 is 10.2 Å². The van der Waals surface area contributed by atoms with E-state index in [-0.39, 0.29) is 0 Å². The lowest BCUT2D eigenvalue weighted by molar-refractivity contribution is -0.138. The van der Waals surface area contributed by atoms with Crippen molar-refractivity contribution in [3.8, 4) is 0 Å². The summed E-state index contributed by atoms with van der Waals surface area (Å²) in [5.41, 5.74) is -0.818.